The second-order valence-electron chi connectivity index (χ2n) is 2.85. The zero-order valence-electron chi connectivity index (χ0n) is 7.37. The Labute approximate surface area is 71.4 Å². The number of aryl methyl sites for hydroxylation is 2. The van der Waals surface area contributed by atoms with Crippen molar-refractivity contribution in [2.45, 2.75) is 19.8 Å². The highest BCUT2D eigenvalue weighted by Crippen LogP contribution is 2.07. The number of carbonyl (C=O) groups is 1. The highest BCUT2D eigenvalue weighted by molar-refractivity contribution is 5.74. The average molecular weight is 167 g/mol. The van der Waals surface area contributed by atoms with Crippen LogP contribution in [0.3, 0.4) is 0 Å². The smallest absolute Gasteiger partial charge is 0.217 e. The highest BCUT2D eigenvalue weighted by Gasteiger charge is 2.04. The summed E-state index contributed by atoms with van der Waals surface area (Å²) in [5.41, 5.74) is 7.22. The zero-order chi connectivity index (χ0) is 9.14. The Balaban J connectivity index is 2.63. The number of aromatic nitrogens is 2. The number of hydrogen-bond acceptors (Lipinski definition) is 2. The molecular weight excluding hydrogens is 154 g/mol. The van der Waals surface area contributed by atoms with Gasteiger partial charge >= 0.3 is 0 Å². The van der Waals surface area contributed by atoms with Gasteiger partial charge in [-0.25, -0.2) is 0 Å². The van der Waals surface area contributed by atoms with Crippen molar-refractivity contribution in [3.8, 4) is 0 Å². The molecule has 4 heteroatoms. The summed E-state index contributed by atoms with van der Waals surface area (Å²) in [6.45, 7) is 1.98. The molecule has 0 aliphatic carbocycles. The van der Waals surface area contributed by atoms with Crippen molar-refractivity contribution in [2.75, 3.05) is 0 Å². The molecule has 0 radical (unpaired) electrons. The molecule has 1 aromatic heterocycles. The molecule has 12 heavy (non-hydrogen) atoms. The second kappa shape index (κ2) is 3.38. The molecule has 0 unspecified atom stereocenters. The first kappa shape index (κ1) is 8.77. The molecule has 2 N–H and O–H groups in total. The average Bonchev–Trinajstić information content (AvgIpc) is 2.30. The van der Waals surface area contributed by atoms with Crippen LogP contribution >= 0.6 is 0 Å². The van der Waals surface area contributed by atoms with E-state index in [1.807, 2.05) is 14.0 Å². The van der Waals surface area contributed by atoms with Crippen LogP contribution < -0.4 is 5.73 Å². The van der Waals surface area contributed by atoms with E-state index in [1.165, 1.54) is 0 Å². The third-order valence-electron chi connectivity index (χ3n) is 1.98. The van der Waals surface area contributed by atoms with Gasteiger partial charge < -0.3 is 5.73 Å². The van der Waals surface area contributed by atoms with Gasteiger partial charge in [-0.2, -0.15) is 5.10 Å². The first-order valence-corrected chi connectivity index (χ1v) is 3.87. The van der Waals surface area contributed by atoms with Crippen LogP contribution in [0, 0.1) is 6.92 Å². The predicted octanol–water partition coefficient (Wildman–Crippen LogP) is 0.146. The summed E-state index contributed by atoms with van der Waals surface area (Å²) in [5, 5.41) is 4.06. The lowest BCUT2D eigenvalue weighted by Crippen LogP contribution is -2.11. The predicted molar refractivity (Wildman–Crippen MR) is 45.5 cm³/mol. The maximum Gasteiger partial charge on any atom is 0.217 e. The second-order valence-corrected chi connectivity index (χ2v) is 2.85. The third kappa shape index (κ3) is 1.84. The number of hydrogen-bond donors (Lipinski definition) is 1. The fourth-order valence-corrected chi connectivity index (χ4v) is 1.05. The van der Waals surface area contributed by atoms with Gasteiger partial charge in [0, 0.05) is 19.2 Å². The normalized spacial score (nSPS) is 10.2. The SMILES string of the molecule is Cc1c(CCC(N)=O)cnn1C. The summed E-state index contributed by atoms with van der Waals surface area (Å²) >= 11 is 0. The standard InChI is InChI=1S/C8H13N3O/c1-6-7(3-4-8(9)12)5-10-11(6)2/h5H,3-4H2,1-2H3,(H2,9,12). The van der Waals surface area contributed by atoms with Crippen molar-refractivity contribution >= 4 is 5.91 Å². The van der Waals surface area contributed by atoms with Gasteiger partial charge in [-0.3, -0.25) is 9.48 Å². The van der Waals surface area contributed by atoms with Gasteiger partial charge in [0.15, 0.2) is 0 Å². The Morgan fingerprint density at radius 1 is 1.75 bits per heavy atom. The Kier molecular flexibility index (Phi) is 2.47. The van der Waals surface area contributed by atoms with Gasteiger partial charge in [0.05, 0.1) is 6.20 Å². The van der Waals surface area contributed by atoms with Gasteiger partial charge in [0.1, 0.15) is 0 Å². The Bertz CT molecular complexity index is 290. The Morgan fingerprint density at radius 2 is 2.42 bits per heavy atom. The lowest BCUT2D eigenvalue weighted by atomic mass is 10.1. The molecule has 0 spiro atoms. The van der Waals surface area contributed by atoms with Gasteiger partial charge in [-0.05, 0) is 18.9 Å². The number of rotatable bonds is 3. The maximum absolute atomic E-state index is 10.5. The molecule has 1 amide bonds. The topological polar surface area (TPSA) is 60.9 Å². The molecule has 0 aliphatic rings. The Morgan fingerprint density at radius 3 is 2.83 bits per heavy atom. The van der Waals surface area contributed by atoms with E-state index in [2.05, 4.69) is 5.10 Å². The summed E-state index contributed by atoms with van der Waals surface area (Å²) in [6, 6.07) is 0. The lowest BCUT2D eigenvalue weighted by Gasteiger charge is -1.97. The van der Waals surface area contributed by atoms with E-state index < -0.39 is 0 Å². The van der Waals surface area contributed by atoms with Gasteiger partial charge in [-0.1, -0.05) is 0 Å². The zero-order valence-corrected chi connectivity index (χ0v) is 7.37. The number of primary amides is 1. The molecule has 0 saturated heterocycles. The lowest BCUT2D eigenvalue weighted by molar-refractivity contribution is -0.117. The molecule has 0 bridgehead atoms. The van der Waals surface area contributed by atoms with Crippen molar-refractivity contribution < 1.29 is 4.79 Å². The van der Waals surface area contributed by atoms with Crippen LogP contribution in [0.5, 0.6) is 0 Å². The summed E-state index contributed by atoms with van der Waals surface area (Å²) < 4.78 is 1.79. The van der Waals surface area contributed by atoms with Crippen LogP contribution in [-0.2, 0) is 18.3 Å². The van der Waals surface area contributed by atoms with Crippen LogP contribution in [0.15, 0.2) is 6.20 Å². The van der Waals surface area contributed by atoms with Gasteiger partial charge in [0.2, 0.25) is 5.91 Å². The molecule has 1 heterocycles. The van der Waals surface area contributed by atoms with Crippen LogP contribution in [0.4, 0.5) is 0 Å². The third-order valence-corrected chi connectivity index (χ3v) is 1.98. The minimum absolute atomic E-state index is 0.266. The minimum Gasteiger partial charge on any atom is -0.370 e. The van der Waals surface area contributed by atoms with Gasteiger partial charge in [0.25, 0.3) is 0 Å². The molecule has 0 aliphatic heterocycles. The van der Waals surface area contributed by atoms with E-state index in [0.29, 0.717) is 12.8 Å². The van der Waals surface area contributed by atoms with E-state index >= 15 is 0 Å². The largest absolute Gasteiger partial charge is 0.370 e. The van der Waals surface area contributed by atoms with E-state index in [1.54, 1.807) is 10.9 Å². The first-order valence-electron chi connectivity index (χ1n) is 3.87. The quantitative estimate of drug-likeness (QED) is 0.696. The molecular formula is C8H13N3O. The summed E-state index contributed by atoms with van der Waals surface area (Å²) in [7, 11) is 1.88. The highest BCUT2D eigenvalue weighted by atomic mass is 16.1. The number of carbonyl (C=O) groups excluding carboxylic acids is 1. The van der Waals surface area contributed by atoms with Crippen molar-refractivity contribution in [2.24, 2.45) is 12.8 Å². The number of nitrogens with zero attached hydrogens (tertiary/aromatic N) is 2. The van der Waals surface area contributed by atoms with Gasteiger partial charge in [-0.15, -0.1) is 0 Å². The molecule has 1 rings (SSSR count). The number of nitrogens with two attached hydrogens (primary N) is 1. The molecule has 0 aromatic carbocycles. The molecule has 4 nitrogen and oxygen atoms in total. The van der Waals surface area contributed by atoms with Crippen LogP contribution in [0.25, 0.3) is 0 Å². The van der Waals surface area contributed by atoms with Crippen molar-refractivity contribution in [1.29, 1.82) is 0 Å². The van der Waals surface area contributed by atoms with E-state index in [-0.39, 0.29) is 5.91 Å². The van der Waals surface area contributed by atoms with E-state index in [9.17, 15) is 4.79 Å². The first-order chi connectivity index (χ1) is 5.61. The van der Waals surface area contributed by atoms with Crippen LogP contribution in [0.1, 0.15) is 17.7 Å². The van der Waals surface area contributed by atoms with E-state index in [0.717, 1.165) is 11.3 Å². The minimum atomic E-state index is -0.266. The molecule has 0 saturated carbocycles. The monoisotopic (exact) mass is 167 g/mol. The summed E-state index contributed by atoms with van der Waals surface area (Å²) in [6.07, 6.45) is 2.86. The summed E-state index contributed by atoms with van der Waals surface area (Å²) in [4.78, 5) is 10.5. The molecule has 0 atom stereocenters. The van der Waals surface area contributed by atoms with Crippen molar-refractivity contribution in [1.82, 2.24) is 9.78 Å². The van der Waals surface area contributed by atoms with Crippen molar-refractivity contribution in [3.05, 3.63) is 17.5 Å². The fourth-order valence-electron chi connectivity index (χ4n) is 1.05. The molecule has 0 fully saturated rings. The fraction of sp³-hybridized carbons (Fsp3) is 0.500. The van der Waals surface area contributed by atoms with Crippen LogP contribution in [-0.4, -0.2) is 15.7 Å². The molecule has 1 aromatic rings. The van der Waals surface area contributed by atoms with Crippen LogP contribution in [0.2, 0.25) is 0 Å². The van der Waals surface area contributed by atoms with E-state index in [4.69, 9.17) is 5.73 Å². The Hall–Kier alpha value is -1.32. The summed E-state index contributed by atoms with van der Waals surface area (Å²) in [5.74, 6) is -0.266. The number of amides is 1. The maximum atomic E-state index is 10.5. The van der Waals surface area contributed by atoms with Crippen molar-refractivity contribution in [3.63, 3.8) is 0 Å². The molecule has 66 valence electrons.